The minimum absolute atomic E-state index is 0.141. The molecule has 2 N–H and O–H groups in total. The van der Waals surface area contributed by atoms with Gasteiger partial charge in [-0.3, -0.25) is 14.9 Å². The van der Waals surface area contributed by atoms with Crippen LogP contribution in [0.4, 0.5) is 11.8 Å². The minimum Gasteiger partial charge on any atom is -0.360 e. The van der Waals surface area contributed by atoms with E-state index in [1.54, 1.807) is 19.9 Å². The van der Waals surface area contributed by atoms with Crippen molar-refractivity contribution in [3.63, 3.8) is 0 Å². The lowest BCUT2D eigenvalue weighted by Gasteiger charge is -2.11. The number of hydrogen-bond donors (Lipinski definition) is 2. The van der Waals surface area contributed by atoms with Crippen LogP contribution in [0.5, 0.6) is 0 Å². The molecule has 0 bridgehead atoms. The van der Waals surface area contributed by atoms with Crippen molar-refractivity contribution in [3.8, 4) is 0 Å². The Kier molecular flexibility index (Phi) is 6.35. The predicted molar refractivity (Wildman–Crippen MR) is 110 cm³/mol. The van der Waals surface area contributed by atoms with Gasteiger partial charge in [-0.15, -0.1) is 11.8 Å². The molecule has 9 heteroatoms. The third kappa shape index (κ3) is 4.72. The first-order chi connectivity index (χ1) is 13.5. The fourth-order valence-corrected chi connectivity index (χ4v) is 3.40. The second kappa shape index (κ2) is 8.92. The average molecular weight is 401 g/mol. The van der Waals surface area contributed by atoms with Gasteiger partial charge in [0.15, 0.2) is 5.82 Å². The molecule has 1 unspecified atom stereocenters. The lowest BCUT2D eigenvalue weighted by molar-refractivity contribution is -0.115. The van der Waals surface area contributed by atoms with Crippen molar-refractivity contribution in [3.05, 3.63) is 36.1 Å². The highest BCUT2D eigenvalue weighted by Crippen LogP contribution is 2.21. The maximum atomic E-state index is 12.4. The zero-order chi connectivity index (χ0) is 20.1. The zero-order valence-corrected chi connectivity index (χ0v) is 16.9. The van der Waals surface area contributed by atoms with Gasteiger partial charge < -0.3 is 14.4 Å². The minimum atomic E-state index is -0.419. The lowest BCUT2D eigenvalue weighted by atomic mass is 10.3. The first kappa shape index (κ1) is 19.9. The van der Waals surface area contributed by atoms with Crippen LogP contribution in [0.3, 0.4) is 0 Å². The number of nitrogens with one attached hydrogen (secondary N) is 2. The predicted octanol–water partition coefficient (Wildman–Crippen LogP) is 3.44. The Bertz CT molecular complexity index is 981. The molecule has 0 spiro atoms. The van der Waals surface area contributed by atoms with E-state index in [-0.39, 0.29) is 17.6 Å². The molecule has 1 aromatic carbocycles. The van der Waals surface area contributed by atoms with Gasteiger partial charge in [0.1, 0.15) is 5.76 Å². The summed E-state index contributed by atoms with van der Waals surface area (Å²) >= 11 is 1.24. The van der Waals surface area contributed by atoms with E-state index < -0.39 is 5.25 Å². The summed E-state index contributed by atoms with van der Waals surface area (Å²) in [4.78, 5) is 29.1. The van der Waals surface area contributed by atoms with Gasteiger partial charge in [0.25, 0.3) is 0 Å². The number of fused-ring (bicyclic) bond motifs is 1. The number of carbonyl (C=O) groups excluding carboxylic acids is 2. The van der Waals surface area contributed by atoms with Crippen LogP contribution in [0.2, 0.25) is 0 Å². The third-order valence-electron chi connectivity index (χ3n) is 4.07. The summed E-state index contributed by atoms with van der Waals surface area (Å²) in [5, 5.41) is 8.84. The van der Waals surface area contributed by atoms with Crippen molar-refractivity contribution in [2.75, 3.05) is 16.4 Å². The van der Waals surface area contributed by atoms with Crippen LogP contribution in [0.1, 0.15) is 26.0 Å². The smallest absolute Gasteiger partial charge is 0.238 e. The van der Waals surface area contributed by atoms with E-state index in [9.17, 15) is 9.59 Å². The molecule has 0 saturated carbocycles. The molecule has 0 aliphatic carbocycles. The Morgan fingerprint density at radius 2 is 2.07 bits per heavy atom. The number of carbonyl (C=O) groups is 2. The first-order valence-electron chi connectivity index (χ1n) is 9.08. The maximum absolute atomic E-state index is 12.4. The third-order valence-corrected chi connectivity index (χ3v) is 5.21. The van der Waals surface area contributed by atoms with Gasteiger partial charge in [0.2, 0.25) is 17.8 Å². The fourth-order valence-electron chi connectivity index (χ4n) is 2.71. The fraction of sp³-hybridized carbons (Fsp3) is 0.368. The molecule has 148 valence electrons. The SMILES string of the molecule is CCCn1c(NC(=O)CSC(C)C(=O)Nc2cc(C)on2)nc2ccccc21. The van der Waals surface area contributed by atoms with Crippen LogP contribution >= 0.6 is 11.8 Å². The van der Waals surface area contributed by atoms with Gasteiger partial charge >= 0.3 is 0 Å². The molecule has 1 atom stereocenters. The van der Waals surface area contributed by atoms with Crippen molar-refractivity contribution < 1.29 is 14.1 Å². The van der Waals surface area contributed by atoms with Crippen LogP contribution in [-0.2, 0) is 16.1 Å². The molecule has 3 aromatic rings. The van der Waals surface area contributed by atoms with Crippen molar-refractivity contribution in [2.45, 2.75) is 39.0 Å². The number of para-hydroxylation sites is 2. The second-order valence-corrected chi connectivity index (χ2v) is 7.72. The highest BCUT2D eigenvalue weighted by atomic mass is 32.2. The molecular weight excluding hydrogens is 378 g/mol. The molecule has 2 heterocycles. The Balaban J connectivity index is 1.57. The first-order valence-corrected chi connectivity index (χ1v) is 10.1. The van der Waals surface area contributed by atoms with E-state index in [0.29, 0.717) is 17.5 Å². The highest BCUT2D eigenvalue weighted by molar-refractivity contribution is 8.01. The number of thioether (sulfide) groups is 1. The molecule has 28 heavy (non-hydrogen) atoms. The van der Waals surface area contributed by atoms with Gasteiger partial charge in [-0.1, -0.05) is 24.2 Å². The Morgan fingerprint density at radius 1 is 1.29 bits per heavy atom. The summed E-state index contributed by atoms with van der Waals surface area (Å²) in [6, 6.07) is 9.42. The van der Waals surface area contributed by atoms with Gasteiger partial charge in [0.05, 0.1) is 22.0 Å². The number of rotatable bonds is 8. The van der Waals surface area contributed by atoms with E-state index in [2.05, 4.69) is 27.7 Å². The van der Waals surface area contributed by atoms with Crippen LogP contribution in [0.15, 0.2) is 34.9 Å². The number of benzene rings is 1. The highest BCUT2D eigenvalue weighted by Gasteiger charge is 2.18. The van der Waals surface area contributed by atoms with E-state index in [4.69, 9.17) is 4.52 Å². The Labute approximate surface area is 167 Å². The van der Waals surface area contributed by atoms with Crippen molar-refractivity contribution >= 4 is 46.4 Å². The Morgan fingerprint density at radius 3 is 2.79 bits per heavy atom. The molecule has 0 fully saturated rings. The van der Waals surface area contributed by atoms with Crippen LogP contribution in [0.25, 0.3) is 11.0 Å². The Hall–Kier alpha value is -2.81. The molecule has 2 amide bonds. The van der Waals surface area contributed by atoms with Crippen LogP contribution < -0.4 is 10.6 Å². The monoisotopic (exact) mass is 401 g/mol. The van der Waals surface area contributed by atoms with E-state index in [1.807, 2.05) is 28.8 Å². The number of imidazole rings is 1. The zero-order valence-electron chi connectivity index (χ0n) is 16.1. The second-order valence-electron chi connectivity index (χ2n) is 6.39. The summed E-state index contributed by atoms with van der Waals surface area (Å²) in [5.74, 6) is 1.22. The van der Waals surface area contributed by atoms with E-state index in [1.165, 1.54) is 11.8 Å². The van der Waals surface area contributed by atoms with Gasteiger partial charge in [0, 0.05) is 12.6 Å². The van der Waals surface area contributed by atoms with Crippen molar-refractivity contribution in [1.82, 2.24) is 14.7 Å². The summed E-state index contributed by atoms with van der Waals surface area (Å²) in [5.41, 5.74) is 1.83. The number of amides is 2. The summed E-state index contributed by atoms with van der Waals surface area (Å²) in [6.45, 7) is 6.33. The molecule has 8 nitrogen and oxygen atoms in total. The molecule has 3 rings (SSSR count). The summed E-state index contributed by atoms with van der Waals surface area (Å²) in [6.07, 6.45) is 0.927. The number of nitrogens with zero attached hydrogens (tertiary/aromatic N) is 3. The number of hydrogen-bond acceptors (Lipinski definition) is 6. The average Bonchev–Trinajstić information content (AvgIpc) is 3.23. The topological polar surface area (TPSA) is 102 Å². The number of anilines is 2. The van der Waals surface area contributed by atoms with Gasteiger partial charge in [-0.2, -0.15) is 0 Å². The molecule has 0 radical (unpaired) electrons. The lowest BCUT2D eigenvalue weighted by Crippen LogP contribution is -2.25. The maximum Gasteiger partial charge on any atom is 0.238 e. The quantitative estimate of drug-likeness (QED) is 0.599. The molecule has 2 aromatic heterocycles. The normalized spacial score (nSPS) is 12.1. The molecular formula is C19H23N5O3S. The van der Waals surface area contributed by atoms with E-state index >= 15 is 0 Å². The van der Waals surface area contributed by atoms with Gasteiger partial charge in [-0.05, 0) is 32.4 Å². The van der Waals surface area contributed by atoms with Gasteiger partial charge in [-0.25, -0.2) is 4.98 Å². The van der Waals surface area contributed by atoms with E-state index in [0.717, 1.165) is 24.0 Å². The molecule has 0 saturated heterocycles. The van der Waals surface area contributed by atoms with Crippen molar-refractivity contribution in [1.29, 1.82) is 0 Å². The van der Waals surface area contributed by atoms with Crippen LogP contribution in [0, 0.1) is 6.92 Å². The summed E-state index contributed by atoms with van der Waals surface area (Å²) in [7, 11) is 0. The standard InChI is InChI=1S/C19H23N5O3S/c1-4-9-24-15-8-6-5-7-14(15)20-19(24)22-17(25)11-28-13(3)18(26)21-16-10-12(2)27-23-16/h5-8,10,13H,4,9,11H2,1-3H3,(H,20,22,25)(H,21,23,26). The van der Waals surface area contributed by atoms with Crippen molar-refractivity contribution in [2.24, 2.45) is 0 Å². The molecule has 0 aliphatic rings. The summed E-state index contributed by atoms with van der Waals surface area (Å²) < 4.78 is 6.92. The van der Waals surface area contributed by atoms with Crippen LogP contribution in [-0.4, -0.2) is 37.5 Å². The number of aryl methyl sites for hydroxylation is 2. The largest absolute Gasteiger partial charge is 0.360 e. The molecule has 0 aliphatic heterocycles. The number of aromatic nitrogens is 3.